The van der Waals surface area contributed by atoms with Crippen LogP contribution in [-0.4, -0.2) is 4.98 Å². The highest BCUT2D eigenvalue weighted by molar-refractivity contribution is 9.10. The van der Waals surface area contributed by atoms with Crippen LogP contribution in [0.1, 0.15) is 50.9 Å². The molecule has 1 nitrogen and oxygen atoms in total. The van der Waals surface area contributed by atoms with E-state index < -0.39 is 0 Å². The minimum absolute atomic E-state index is 0.278. The Hall–Kier alpha value is -3.62. The molecule has 5 aromatic rings. The molecule has 0 aliphatic heterocycles. The number of H-pyrrole nitrogens is 1. The summed E-state index contributed by atoms with van der Waals surface area (Å²) in [6.07, 6.45) is 4.85. The first-order valence-electron chi connectivity index (χ1n) is 13.0. The number of fused-ring (bicyclic) bond motifs is 5. The van der Waals surface area contributed by atoms with Gasteiger partial charge in [-0.2, -0.15) is 0 Å². The molecular formula is C35H28BrN. The van der Waals surface area contributed by atoms with Gasteiger partial charge in [-0.05, 0) is 65.4 Å². The predicted octanol–water partition coefficient (Wildman–Crippen LogP) is 9.46. The van der Waals surface area contributed by atoms with Crippen LogP contribution in [0.2, 0.25) is 0 Å². The number of nitrogens with one attached hydrogen (secondary N) is 1. The number of para-hydroxylation sites is 1. The Morgan fingerprint density at radius 2 is 1.35 bits per heavy atom. The fourth-order valence-corrected chi connectivity index (χ4v) is 6.76. The van der Waals surface area contributed by atoms with Crippen molar-refractivity contribution in [1.82, 2.24) is 4.98 Å². The molecule has 2 aliphatic carbocycles. The summed E-state index contributed by atoms with van der Waals surface area (Å²) in [4.78, 5) is 3.83. The molecule has 4 aromatic carbocycles. The quantitative estimate of drug-likeness (QED) is 0.234. The van der Waals surface area contributed by atoms with Crippen LogP contribution < -0.4 is 0 Å². The van der Waals surface area contributed by atoms with E-state index in [0.717, 1.165) is 4.47 Å². The maximum Gasteiger partial charge on any atom is 0.0459 e. The zero-order valence-corrected chi connectivity index (χ0v) is 22.6. The van der Waals surface area contributed by atoms with Gasteiger partial charge in [-0.25, -0.2) is 0 Å². The van der Waals surface area contributed by atoms with E-state index in [1.165, 1.54) is 61.1 Å². The minimum Gasteiger partial charge on any atom is -0.358 e. The summed E-state index contributed by atoms with van der Waals surface area (Å²) in [5, 5.41) is 1.35. The lowest BCUT2D eigenvalue weighted by atomic mass is 9.77. The van der Waals surface area contributed by atoms with Crippen molar-refractivity contribution in [3.8, 4) is 0 Å². The number of hydrogen-bond acceptors (Lipinski definition) is 0. The highest BCUT2D eigenvalue weighted by atomic mass is 79.9. The molecule has 1 heterocycles. The summed E-state index contributed by atoms with van der Waals surface area (Å²) >= 11 is 3.65. The Morgan fingerprint density at radius 1 is 0.730 bits per heavy atom. The van der Waals surface area contributed by atoms with E-state index in [9.17, 15) is 0 Å². The van der Waals surface area contributed by atoms with E-state index in [4.69, 9.17) is 0 Å². The van der Waals surface area contributed by atoms with Crippen molar-refractivity contribution in [3.05, 3.63) is 158 Å². The van der Waals surface area contributed by atoms with Crippen molar-refractivity contribution in [1.29, 1.82) is 0 Å². The van der Waals surface area contributed by atoms with Gasteiger partial charge in [0.2, 0.25) is 0 Å². The molecule has 2 aliphatic rings. The molecule has 1 N–H and O–H groups in total. The molecule has 3 unspecified atom stereocenters. The lowest BCUT2D eigenvalue weighted by molar-refractivity contribution is 0.568. The van der Waals surface area contributed by atoms with Crippen LogP contribution >= 0.6 is 15.9 Å². The van der Waals surface area contributed by atoms with Crippen molar-refractivity contribution in [3.63, 3.8) is 0 Å². The van der Waals surface area contributed by atoms with Crippen LogP contribution in [0, 0.1) is 19.8 Å². The third kappa shape index (κ3) is 3.66. The standard InChI is InChI=1S/C35H28BrN/c1-21-7-11-23(12-8-21)31(24-13-9-22(2)10-14-24)28-19-20-29-33(28)32(25-15-17-26(36)18-16-25)34-27-5-3-4-6-30(27)37-35(29)34/h3-20,29,32-33,37H,1-2H3. The van der Waals surface area contributed by atoms with E-state index in [2.05, 4.69) is 144 Å². The second-order valence-electron chi connectivity index (χ2n) is 10.5. The van der Waals surface area contributed by atoms with Crippen molar-refractivity contribution in [2.24, 2.45) is 5.92 Å². The van der Waals surface area contributed by atoms with Crippen LogP contribution in [0.4, 0.5) is 0 Å². The molecule has 0 radical (unpaired) electrons. The van der Waals surface area contributed by atoms with Crippen molar-refractivity contribution >= 4 is 32.4 Å². The Labute approximate surface area is 226 Å². The van der Waals surface area contributed by atoms with Gasteiger partial charge in [0, 0.05) is 38.8 Å². The van der Waals surface area contributed by atoms with Gasteiger partial charge in [0.25, 0.3) is 0 Å². The normalized spacial score (nSPS) is 19.9. The van der Waals surface area contributed by atoms with Crippen LogP contribution in [0.5, 0.6) is 0 Å². The van der Waals surface area contributed by atoms with Crippen molar-refractivity contribution < 1.29 is 0 Å². The molecule has 2 heteroatoms. The largest absolute Gasteiger partial charge is 0.358 e. The topological polar surface area (TPSA) is 15.8 Å². The van der Waals surface area contributed by atoms with E-state index in [1.807, 2.05) is 0 Å². The Kier molecular flexibility index (Phi) is 5.33. The maximum atomic E-state index is 3.83. The monoisotopic (exact) mass is 541 g/mol. The number of hydrogen-bond donors (Lipinski definition) is 1. The first-order chi connectivity index (χ1) is 18.1. The highest BCUT2D eigenvalue weighted by Gasteiger charge is 2.47. The van der Waals surface area contributed by atoms with Crippen LogP contribution in [-0.2, 0) is 0 Å². The third-order valence-electron chi connectivity index (χ3n) is 8.21. The summed E-state index contributed by atoms with van der Waals surface area (Å²) in [7, 11) is 0. The number of allylic oxidation sites excluding steroid dienone is 3. The number of rotatable bonds is 3. The van der Waals surface area contributed by atoms with E-state index in [1.54, 1.807) is 0 Å². The molecule has 0 saturated carbocycles. The molecule has 37 heavy (non-hydrogen) atoms. The van der Waals surface area contributed by atoms with Gasteiger partial charge in [-0.15, -0.1) is 0 Å². The average molecular weight is 543 g/mol. The van der Waals surface area contributed by atoms with Gasteiger partial charge >= 0.3 is 0 Å². The molecular weight excluding hydrogens is 514 g/mol. The smallest absolute Gasteiger partial charge is 0.0459 e. The lowest BCUT2D eigenvalue weighted by Gasteiger charge is -2.26. The van der Waals surface area contributed by atoms with Gasteiger partial charge in [0.15, 0.2) is 0 Å². The van der Waals surface area contributed by atoms with Gasteiger partial charge < -0.3 is 4.98 Å². The third-order valence-corrected chi connectivity index (χ3v) is 8.74. The SMILES string of the molecule is Cc1ccc(C(=C2C=CC3c4[nH]c5ccccc5c4C(c4ccc(Br)cc4)C23)c2ccc(C)cc2)cc1. The summed E-state index contributed by atoms with van der Waals surface area (Å²) < 4.78 is 1.12. The van der Waals surface area contributed by atoms with E-state index in [0.29, 0.717) is 11.8 Å². The second kappa shape index (κ2) is 8.75. The van der Waals surface area contributed by atoms with Gasteiger partial charge in [0.05, 0.1) is 0 Å². The Bertz CT molecular complexity index is 1630. The number of aryl methyl sites for hydroxylation is 2. The molecule has 3 atom stereocenters. The zero-order valence-electron chi connectivity index (χ0n) is 21.0. The molecule has 0 fully saturated rings. The maximum absolute atomic E-state index is 3.83. The van der Waals surface area contributed by atoms with Crippen LogP contribution in [0.3, 0.4) is 0 Å². The summed E-state index contributed by atoms with van der Waals surface area (Å²) in [5.41, 5.74) is 13.3. The molecule has 0 bridgehead atoms. The fourth-order valence-electron chi connectivity index (χ4n) is 6.49. The van der Waals surface area contributed by atoms with Crippen molar-refractivity contribution in [2.75, 3.05) is 0 Å². The molecule has 0 amide bonds. The number of halogens is 1. The zero-order chi connectivity index (χ0) is 25.1. The summed E-state index contributed by atoms with van der Waals surface area (Å²) in [6, 6.07) is 35.8. The van der Waals surface area contributed by atoms with Gasteiger partial charge in [0.1, 0.15) is 0 Å². The first-order valence-corrected chi connectivity index (χ1v) is 13.8. The minimum atomic E-state index is 0.278. The van der Waals surface area contributed by atoms with E-state index in [-0.39, 0.29) is 5.92 Å². The predicted molar refractivity (Wildman–Crippen MR) is 158 cm³/mol. The first kappa shape index (κ1) is 22.6. The molecule has 0 spiro atoms. The van der Waals surface area contributed by atoms with E-state index >= 15 is 0 Å². The Balaban J connectivity index is 1.50. The summed E-state index contributed by atoms with van der Waals surface area (Å²) in [5.74, 6) is 0.946. The fraction of sp³-hybridized carbons (Fsp3) is 0.143. The van der Waals surface area contributed by atoms with Crippen LogP contribution in [0.15, 0.2) is 119 Å². The molecule has 1 aromatic heterocycles. The number of aromatic amines is 1. The average Bonchev–Trinajstić information content (AvgIpc) is 3.58. The van der Waals surface area contributed by atoms with Crippen LogP contribution in [0.25, 0.3) is 16.5 Å². The molecule has 7 rings (SSSR count). The van der Waals surface area contributed by atoms with Gasteiger partial charge in [-0.3, -0.25) is 0 Å². The summed E-state index contributed by atoms with van der Waals surface area (Å²) in [6.45, 7) is 4.32. The lowest BCUT2D eigenvalue weighted by Crippen LogP contribution is -2.13. The number of benzene rings is 4. The van der Waals surface area contributed by atoms with Crippen molar-refractivity contribution in [2.45, 2.75) is 25.7 Å². The van der Waals surface area contributed by atoms with Gasteiger partial charge in [-0.1, -0.05) is 118 Å². The second-order valence-corrected chi connectivity index (χ2v) is 11.4. The molecule has 180 valence electrons. The molecule has 0 saturated heterocycles. The number of aromatic nitrogens is 1. The Morgan fingerprint density at radius 3 is 2.00 bits per heavy atom. The highest BCUT2D eigenvalue weighted by Crippen LogP contribution is 2.59.